The van der Waals surface area contributed by atoms with Gasteiger partial charge in [0.15, 0.2) is 5.82 Å². The standard InChI is InChI=1S/C13H15N5S/c1-9-2-3-10(13(14)19)11(6-9)17-4-5-18-8-15-16-12(18)7-17/h2-3,6,8H,4-5,7H2,1H3,(H2,14,19). The molecule has 6 heteroatoms. The van der Waals surface area contributed by atoms with Crippen molar-refractivity contribution in [2.24, 2.45) is 5.73 Å². The molecule has 2 aromatic rings. The summed E-state index contributed by atoms with van der Waals surface area (Å²) in [6.07, 6.45) is 1.78. The fourth-order valence-electron chi connectivity index (χ4n) is 2.38. The van der Waals surface area contributed by atoms with Crippen LogP contribution in [0.15, 0.2) is 24.5 Å². The average Bonchev–Trinajstić information content (AvgIpc) is 2.85. The number of hydrogen-bond donors (Lipinski definition) is 1. The minimum atomic E-state index is 0.432. The molecule has 1 aliphatic heterocycles. The van der Waals surface area contributed by atoms with Crippen molar-refractivity contribution in [3.8, 4) is 0 Å². The zero-order chi connectivity index (χ0) is 13.4. The molecule has 0 spiro atoms. The van der Waals surface area contributed by atoms with Gasteiger partial charge in [-0.25, -0.2) is 0 Å². The molecule has 0 atom stereocenters. The largest absolute Gasteiger partial charge is 0.389 e. The highest BCUT2D eigenvalue weighted by Crippen LogP contribution is 2.25. The molecule has 1 aromatic carbocycles. The topological polar surface area (TPSA) is 60.0 Å². The van der Waals surface area contributed by atoms with Gasteiger partial charge in [-0.05, 0) is 24.6 Å². The van der Waals surface area contributed by atoms with Crippen molar-refractivity contribution in [1.82, 2.24) is 14.8 Å². The molecule has 0 fully saturated rings. The molecule has 0 amide bonds. The Morgan fingerprint density at radius 1 is 1.37 bits per heavy atom. The Hall–Kier alpha value is -1.95. The monoisotopic (exact) mass is 273 g/mol. The van der Waals surface area contributed by atoms with Crippen molar-refractivity contribution in [2.75, 3.05) is 11.4 Å². The number of aryl methyl sites for hydroxylation is 1. The quantitative estimate of drug-likeness (QED) is 0.834. The summed E-state index contributed by atoms with van der Waals surface area (Å²) in [7, 11) is 0. The summed E-state index contributed by atoms with van der Waals surface area (Å²) >= 11 is 5.14. The second-order valence-electron chi connectivity index (χ2n) is 4.75. The molecule has 2 heterocycles. The Morgan fingerprint density at radius 2 is 2.21 bits per heavy atom. The molecule has 0 unspecified atom stereocenters. The molecule has 19 heavy (non-hydrogen) atoms. The minimum absolute atomic E-state index is 0.432. The van der Waals surface area contributed by atoms with Gasteiger partial charge in [-0.1, -0.05) is 18.3 Å². The first-order valence-corrected chi connectivity index (χ1v) is 6.58. The van der Waals surface area contributed by atoms with E-state index < -0.39 is 0 Å². The number of thiocarbonyl (C=S) groups is 1. The highest BCUT2D eigenvalue weighted by molar-refractivity contribution is 7.80. The van der Waals surface area contributed by atoms with Crippen molar-refractivity contribution >= 4 is 22.9 Å². The van der Waals surface area contributed by atoms with Crippen molar-refractivity contribution in [2.45, 2.75) is 20.0 Å². The Morgan fingerprint density at radius 3 is 3.00 bits per heavy atom. The number of hydrogen-bond acceptors (Lipinski definition) is 4. The lowest BCUT2D eigenvalue weighted by Gasteiger charge is -2.30. The number of nitrogens with two attached hydrogens (primary N) is 1. The summed E-state index contributed by atoms with van der Waals surface area (Å²) in [5, 5.41) is 8.08. The van der Waals surface area contributed by atoms with E-state index in [1.165, 1.54) is 5.56 Å². The maximum absolute atomic E-state index is 5.82. The second-order valence-corrected chi connectivity index (χ2v) is 5.19. The molecule has 0 saturated carbocycles. The average molecular weight is 273 g/mol. The van der Waals surface area contributed by atoms with Crippen LogP contribution in [-0.4, -0.2) is 26.3 Å². The fourth-order valence-corrected chi connectivity index (χ4v) is 2.56. The van der Waals surface area contributed by atoms with Gasteiger partial charge in [0.2, 0.25) is 0 Å². The third-order valence-electron chi connectivity index (χ3n) is 3.40. The molecule has 0 saturated heterocycles. The summed E-state index contributed by atoms with van der Waals surface area (Å²) in [5.74, 6) is 0.974. The molecule has 1 aliphatic rings. The summed E-state index contributed by atoms with van der Waals surface area (Å²) in [5.41, 5.74) is 9.02. The van der Waals surface area contributed by atoms with E-state index >= 15 is 0 Å². The summed E-state index contributed by atoms with van der Waals surface area (Å²) in [6.45, 7) is 4.59. The summed E-state index contributed by atoms with van der Waals surface area (Å²) < 4.78 is 2.08. The summed E-state index contributed by atoms with van der Waals surface area (Å²) in [4.78, 5) is 2.69. The van der Waals surface area contributed by atoms with Gasteiger partial charge < -0.3 is 15.2 Å². The van der Waals surface area contributed by atoms with E-state index in [1.54, 1.807) is 6.33 Å². The van der Waals surface area contributed by atoms with Gasteiger partial charge in [-0.3, -0.25) is 0 Å². The van der Waals surface area contributed by atoms with Gasteiger partial charge in [-0.2, -0.15) is 0 Å². The van der Waals surface area contributed by atoms with Crippen LogP contribution < -0.4 is 10.6 Å². The number of nitrogens with zero attached hydrogens (tertiary/aromatic N) is 4. The number of rotatable bonds is 2. The van der Waals surface area contributed by atoms with E-state index in [9.17, 15) is 0 Å². The number of aromatic nitrogens is 3. The van der Waals surface area contributed by atoms with Crippen LogP contribution in [0.2, 0.25) is 0 Å². The highest BCUT2D eigenvalue weighted by atomic mass is 32.1. The molecule has 1 aromatic heterocycles. The Balaban J connectivity index is 1.99. The van der Waals surface area contributed by atoms with Gasteiger partial charge in [0.1, 0.15) is 11.3 Å². The van der Waals surface area contributed by atoms with Crippen molar-refractivity contribution in [3.63, 3.8) is 0 Å². The predicted molar refractivity (Wildman–Crippen MR) is 78.1 cm³/mol. The fraction of sp³-hybridized carbons (Fsp3) is 0.308. The molecule has 0 bridgehead atoms. The molecule has 0 radical (unpaired) electrons. The van der Waals surface area contributed by atoms with Crippen molar-refractivity contribution in [3.05, 3.63) is 41.5 Å². The molecule has 0 aliphatic carbocycles. The lowest BCUT2D eigenvalue weighted by molar-refractivity contribution is 0.560. The van der Waals surface area contributed by atoms with Crippen LogP contribution in [0.4, 0.5) is 5.69 Å². The van der Waals surface area contributed by atoms with E-state index in [2.05, 4.69) is 32.7 Å². The lowest BCUT2D eigenvalue weighted by Crippen LogP contribution is -2.35. The Bertz CT molecular complexity index is 634. The number of fused-ring (bicyclic) bond motifs is 1. The molecular weight excluding hydrogens is 258 g/mol. The van der Waals surface area contributed by atoms with Crippen LogP contribution in [0.25, 0.3) is 0 Å². The van der Waals surface area contributed by atoms with Gasteiger partial charge >= 0.3 is 0 Å². The molecular formula is C13H15N5S. The van der Waals surface area contributed by atoms with Gasteiger partial charge in [0.05, 0.1) is 6.54 Å². The Labute approximate surface area is 117 Å². The first kappa shape index (κ1) is 12.1. The smallest absolute Gasteiger partial charge is 0.152 e. The second kappa shape index (κ2) is 4.62. The van der Waals surface area contributed by atoms with Crippen molar-refractivity contribution < 1.29 is 0 Å². The molecule has 2 N–H and O–H groups in total. The van der Waals surface area contributed by atoms with Gasteiger partial charge in [-0.15, -0.1) is 10.2 Å². The number of anilines is 1. The van der Waals surface area contributed by atoms with E-state index in [0.717, 1.165) is 36.7 Å². The van der Waals surface area contributed by atoms with E-state index in [4.69, 9.17) is 18.0 Å². The van der Waals surface area contributed by atoms with E-state index in [0.29, 0.717) is 4.99 Å². The summed E-state index contributed by atoms with van der Waals surface area (Å²) in [6, 6.07) is 6.15. The highest BCUT2D eigenvalue weighted by Gasteiger charge is 2.20. The van der Waals surface area contributed by atoms with Crippen LogP contribution in [0, 0.1) is 6.92 Å². The third kappa shape index (κ3) is 2.19. The molecule has 3 rings (SSSR count). The van der Waals surface area contributed by atoms with E-state index in [-0.39, 0.29) is 0 Å². The van der Waals surface area contributed by atoms with Crippen LogP contribution in [0.5, 0.6) is 0 Å². The van der Waals surface area contributed by atoms with Crippen LogP contribution in [0.1, 0.15) is 17.0 Å². The maximum Gasteiger partial charge on any atom is 0.152 e. The Kier molecular flexibility index (Phi) is 2.94. The predicted octanol–water partition coefficient (Wildman–Crippen LogP) is 1.24. The van der Waals surface area contributed by atoms with Gasteiger partial charge in [0, 0.05) is 24.3 Å². The molecule has 98 valence electrons. The van der Waals surface area contributed by atoms with Crippen LogP contribution in [-0.2, 0) is 13.1 Å². The first-order valence-electron chi connectivity index (χ1n) is 6.17. The van der Waals surface area contributed by atoms with Gasteiger partial charge in [0.25, 0.3) is 0 Å². The van der Waals surface area contributed by atoms with Crippen LogP contribution in [0.3, 0.4) is 0 Å². The number of benzene rings is 1. The third-order valence-corrected chi connectivity index (χ3v) is 3.62. The van der Waals surface area contributed by atoms with E-state index in [1.807, 2.05) is 12.1 Å². The zero-order valence-corrected chi connectivity index (χ0v) is 11.5. The lowest BCUT2D eigenvalue weighted by atomic mass is 10.1. The minimum Gasteiger partial charge on any atom is -0.389 e. The van der Waals surface area contributed by atoms with Crippen LogP contribution >= 0.6 is 12.2 Å². The maximum atomic E-state index is 5.82. The van der Waals surface area contributed by atoms with Crippen molar-refractivity contribution in [1.29, 1.82) is 0 Å². The SMILES string of the molecule is Cc1ccc(C(N)=S)c(N2CCn3cnnc3C2)c1. The zero-order valence-electron chi connectivity index (χ0n) is 10.7. The normalized spacial score (nSPS) is 14.3. The molecule has 5 nitrogen and oxygen atoms in total. The first-order chi connectivity index (χ1) is 9.15.